The number of rotatable bonds is 5. The highest BCUT2D eigenvalue weighted by atomic mass is 16.1. The summed E-state index contributed by atoms with van der Waals surface area (Å²) >= 11 is 0. The Morgan fingerprint density at radius 3 is 2.45 bits per heavy atom. The van der Waals surface area contributed by atoms with Crippen LogP contribution in [0.2, 0.25) is 0 Å². The van der Waals surface area contributed by atoms with Crippen molar-refractivity contribution in [3.63, 3.8) is 0 Å². The molecule has 0 amide bonds. The number of nitrogens with one attached hydrogen (secondary N) is 1. The zero-order chi connectivity index (χ0) is 15.9. The van der Waals surface area contributed by atoms with Gasteiger partial charge in [-0.3, -0.25) is 9.59 Å². The second-order valence-corrected chi connectivity index (χ2v) is 5.01. The first-order valence-electron chi connectivity index (χ1n) is 7.28. The Bertz CT molecular complexity index is 746. The maximum Gasteiger partial charge on any atom is 0.212 e. The predicted octanol–water partition coefficient (Wildman–Crippen LogP) is 3.68. The molecule has 0 aromatic heterocycles. The van der Waals surface area contributed by atoms with Gasteiger partial charge in [0.15, 0.2) is 5.78 Å². The molecule has 3 nitrogen and oxygen atoms in total. The Morgan fingerprint density at radius 2 is 1.77 bits per heavy atom. The summed E-state index contributed by atoms with van der Waals surface area (Å²) in [7, 11) is 0. The first-order chi connectivity index (χ1) is 10.6. The molecule has 3 heteroatoms. The van der Waals surface area contributed by atoms with Crippen molar-refractivity contribution in [1.29, 1.82) is 0 Å². The quantitative estimate of drug-likeness (QED) is 0.675. The first-order valence-corrected chi connectivity index (χ1v) is 7.28. The van der Waals surface area contributed by atoms with Crippen molar-refractivity contribution in [3.8, 4) is 0 Å². The summed E-state index contributed by atoms with van der Waals surface area (Å²) in [5, 5.41) is 2.98. The van der Waals surface area contributed by atoms with Gasteiger partial charge in [0.05, 0.1) is 11.3 Å². The Balaban J connectivity index is 2.30. The molecule has 0 unspecified atom stereocenters. The van der Waals surface area contributed by atoms with Crippen LogP contribution in [0.1, 0.15) is 28.4 Å². The molecule has 0 heterocycles. The van der Waals surface area contributed by atoms with Crippen molar-refractivity contribution in [1.82, 2.24) is 0 Å². The van der Waals surface area contributed by atoms with E-state index in [1.807, 2.05) is 38.1 Å². The highest BCUT2D eigenvalue weighted by Crippen LogP contribution is 2.07. The number of anilines is 1. The van der Waals surface area contributed by atoms with Gasteiger partial charge in [0, 0.05) is 6.54 Å². The minimum absolute atomic E-state index is 0.171. The van der Waals surface area contributed by atoms with Gasteiger partial charge in [-0.2, -0.15) is 0 Å². The van der Waals surface area contributed by atoms with Crippen LogP contribution in [0.5, 0.6) is 0 Å². The highest BCUT2D eigenvalue weighted by Gasteiger charge is 2.08. The zero-order valence-corrected chi connectivity index (χ0v) is 12.8. The molecule has 0 aliphatic heterocycles. The predicted molar refractivity (Wildman–Crippen MR) is 91.4 cm³/mol. The van der Waals surface area contributed by atoms with E-state index in [-0.39, 0.29) is 16.8 Å². The largest absolute Gasteiger partial charge is 0.382 e. The van der Waals surface area contributed by atoms with Crippen LogP contribution in [0.15, 0.2) is 59.4 Å². The van der Waals surface area contributed by atoms with Gasteiger partial charge in [0.2, 0.25) is 5.43 Å². The van der Waals surface area contributed by atoms with Crippen molar-refractivity contribution >= 4 is 17.5 Å². The maximum atomic E-state index is 12.3. The van der Waals surface area contributed by atoms with E-state index in [0.29, 0.717) is 12.2 Å². The van der Waals surface area contributed by atoms with E-state index in [1.54, 1.807) is 30.3 Å². The number of hydrogen-bond donors (Lipinski definition) is 1. The van der Waals surface area contributed by atoms with Gasteiger partial charge < -0.3 is 5.32 Å². The molecule has 0 fully saturated rings. The fraction of sp³-hybridized carbons (Fsp3) is 0.158. The van der Waals surface area contributed by atoms with Gasteiger partial charge in [-0.05, 0) is 37.6 Å². The lowest BCUT2D eigenvalue weighted by Crippen LogP contribution is -2.15. The zero-order valence-electron chi connectivity index (χ0n) is 12.8. The lowest BCUT2D eigenvalue weighted by Gasteiger charge is -1.99. The molecule has 0 bridgehead atoms. The van der Waals surface area contributed by atoms with Crippen molar-refractivity contribution in [2.75, 3.05) is 11.9 Å². The molecule has 0 saturated carbocycles. The second-order valence-electron chi connectivity index (χ2n) is 5.01. The minimum atomic E-state index is -0.291. The normalized spacial score (nSPS) is 10.6. The lowest BCUT2D eigenvalue weighted by molar-refractivity contribution is 0.104. The average molecular weight is 293 g/mol. The van der Waals surface area contributed by atoms with Gasteiger partial charge in [0.25, 0.3) is 0 Å². The van der Waals surface area contributed by atoms with Gasteiger partial charge in [-0.15, -0.1) is 0 Å². The molecular weight excluding hydrogens is 274 g/mol. The third-order valence-corrected chi connectivity index (χ3v) is 3.26. The van der Waals surface area contributed by atoms with Crippen LogP contribution in [0.25, 0.3) is 6.08 Å². The number of carbonyl (C=O) groups is 1. The van der Waals surface area contributed by atoms with E-state index in [9.17, 15) is 9.59 Å². The molecule has 0 radical (unpaired) electrons. The van der Waals surface area contributed by atoms with Crippen LogP contribution in [-0.4, -0.2) is 12.3 Å². The standard InChI is InChI=1S/C19H19NO2/c1-3-20-17-7-5-4-6-16(19(17)22)18(21)13-12-15-10-8-14(2)9-11-15/h4-13H,3H2,1-2H3,(H,20,22)/b13-12-. The van der Waals surface area contributed by atoms with E-state index in [1.165, 1.54) is 6.08 Å². The van der Waals surface area contributed by atoms with E-state index < -0.39 is 0 Å². The summed E-state index contributed by atoms with van der Waals surface area (Å²) in [6.07, 6.45) is 3.16. The molecule has 22 heavy (non-hydrogen) atoms. The Labute approximate surface area is 130 Å². The molecule has 0 saturated heterocycles. The van der Waals surface area contributed by atoms with E-state index in [2.05, 4.69) is 5.32 Å². The summed E-state index contributed by atoms with van der Waals surface area (Å²) in [5.74, 6) is -0.291. The Hall–Kier alpha value is -2.68. The summed E-state index contributed by atoms with van der Waals surface area (Å²) in [5.41, 5.74) is 2.43. The first kappa shape index (κ1) is 15.7. The molecule has 0 aliphatic carbocycles. The van der Waals surface area contributed by atoms with Gasteiger partial charge in [-0.1, -0.05) is 48.0 Å². The van der Waals surface area contributed by atoms with Crippen LogP contribution >= 0.6 is 0 Å². The van der Waals surface area contributed by atoms with Crippen LogP contribution in [0.4, 0.5) is 5.69 Å². The molecule has 112 valence electrons. The molecular formula is C19H19NO2. The molecule has 0 aliphatic rings. The number of aryl methyl sites for hydroxylation is 1. The number of hydrogen-bond acceptors (Lipinski definition) is 3. The van der Waals surface area contributed by atoms with Crippen molar-refractivity contribution in [3.05, 3.63) is 81.5 Å². The summed E-state index contributed by atoms with van der Waals surface area (Å²) < 4.78 is 0. The van der Waals surface area contributed by atoms with E-state index in [0.717, 1.165) is 11.1 Å². The minimum Gasteiger partial charge on any atom is -0.382 e. The summed E-state index contributed by atoms with van der Waals surface area (Å²) in [4.78, 5) is 24.6. The van der Waals surface area contributed by atoms with Crippen LogP contribution in [0.3, 0.4) is 0 Å². The molecule has 0 atom stereocenters. The summed E-state index contributed by atoms with van der Waals surface area (Å²) in [6.45, 7) is 4.55. The topological polar surface area (TPSA) is 46.2 Å². The molecule has 2 rings (SSSR count). The smallest absolute Gasteiger partial charge is 0.212 e. The van der Waals surface area contributed by atoms with E-state index in [4.69, 9.17) is 0 Å². The molecule has 1 N–H and O–H groups in total. The number of allylic oxidation sites excluding steroid dienone is 1. The maximum absolute atomic E-state index is 12.3. The van der Waals surface area contributed by atoms with Crippen LogP contribution < -0.4 is 10.7 Å². The number of benzene rings is 1. The Kier molecular flexibility index (Phi) is 5.26. The number of ketones is 1. The van der Waals surface area contributed by atoms with Gasteiger partial charge >= 0.3 is 0 Å². The van der Waals surface area contributed by atoms with Gasteiger partial charge in [0.1, 0.15) is 0 Å². The van der Waals surface area contributed by atoms with Crippen molar-refractivity contribution in [2.45, 2.75) is 13.8 Å². The Morgan fingerprint density at radius 1 is 1.09 bits per heavy atom. The molecule has 2 aromatic carbocycles. The fourth-order valence-electron chi connectivity index (χ4n) is 2.06. The van der Waals surface area contributed by atoms with Crippen molar-refractivity contribution < 1.29 is 4.79 Å². The van der Waals surface area contributed by atoms with E-state index >= 15 is 0 Å². The lowest BCUT2D eigenvalue weighted by atomic mass is 10.1. The third-order valence-electron chi connectivity index (χ3n) is 3.26. The third kappa shape index (κ3) is 3.92. The summed E-state index contributed by atoms with van der Waals surface area (Å²) in [6, 6.07) is 14.5. The SMILES string of the molecule is CCNc1ccccc(C(=O)/C=C\c2ccc(C)cc2)c1=O. The monoisotopic (exact) mass is 293 g/mol. The average Bonchev–Trinajstić information content (AvgIpc) is 2.69. The molecule has 2 aromatic rings. The van der Waals surface area contributed by atoms with Crippen LogP contribution in [-0.2, 0) is 0 Å². The van der Waals surface area contributed by atoms with Gasteiger partial charge in [-0.25, -0.2) is 0 Å². The number of carbonyl (C=O) groups excluding carboxylic acids is 1. The fourth-order valence-corrected chi connectivity index (χ4v) is 2.06. The molecule has 0 spiro atoms. The van der Waals surface area contributed by atoms with Crippen molar-refractivity contribution in [2.24, 2.45) is 0 Å². The second kappa shape index (κ2) is 7.36. The van der Waals surface area contributed by atoms with Crippen LogP contribution in [0, 0.1) is 6.92 Å². The highest BCUT2D eigenvalue weighted by molar-refractivity contribution is 6.07.